The second kappa shape index (κ2) is 13.7. The molecule has 254 valence electrons. The highest BCUT2D eigenvalue weighted by atomic mass is 32.1. The van der Waals surface area contributed by atoms with Gasteiger partial charge in [0.1, 0.15) is 0 Å². The monoisotopic (exact) mass is 705 g/mol. The van der Waals surface area contributed by atoms with Crippen molar-refractivity contribution in [3.8, 4) is 44.5 Å². The number of rotatable bonds is 7. The molecule has 0 fully saturated rings. The van der Waals surface area contributed by atoms with Crippen LogP contribution in [0.15, 0.2) is 212 Å². The summed E-state index contributed by atoms with van der Waals surface area (Å²) in [5.41, 5.74) is 13.0. The zero-order chi connectivity index (χ0) is 35.8. The fourth-order valence-corrected chi connectivity index (χ4v) is 9.12. The third-order valence-electron chi connectivity index (χ3n) is 10.5. The van der Waals surface area contributed by atoms with Crippen molar-refractivity contribution in [3.05, 3.63) is 212 Å². The Kier molecular flexibility index (Phi) is 8.09. The summed E-state index contributed by atoms with van der Waals surface area (Å²) < 4.78 is 2.65. The van der Waals surface area contributed by atoms with Gasteiger partial charge in [0, 0.05) is 37.1 Å². The molecule has 1 heterocycles. The summed E-state index contributed by atoms with van der Waals surface area (Å²) in [5.74, 6) is 0. The molecule has 0 atom stereocenters. The number of hydrogen-bond donors (Lipinski definition) is 0. The molecular formula is C52H35NS. The van der Waals surface area contributed by atoms with Crippen LogP contribution in [0.2, 0.25) is 0 Å². The molecule has 1 aromatic heterocycles. The first kappa shape index (κ1) is 32.0. The van der Waals surface area contributed by atoms with Gasteiger partial charge in [0.15, 0.2) is 0 Å². The van der Waals surface area contributed by atoms with Crippen LogP contribution in [-0.2, 0) is 0 Å². The van der Waals surface area contributed by atoms with Crippen LogP contribution in [0, 0.1) is 0 Å². The van der Waals surface area contributed by atoms with Crippen molar-refractivity contribution in [2.75, 3.05) is 4.90 Å². The molecule has 0 saturated carbocycles. The van der Waals surface area contributed by atoms with Gasteiger partial charge >= 0.3 is 0 Å². The second-order valence-electron chi connectivity index (χ2n) is 13.7. The SMILES string of the molecule is c1ccc(-c2cccc(-c3cccc(N(c4ccc(-c5cccc6c5sc5ccccc56)cc4)c4ccccc4-c4cccc5ccccc45)c3)c2)cc1. The maximum Gasteiger partial charge on any atom is 0.0540 e. The Morgan fingerprint density at radius 2 is 0.889 bits per heavy atom. The van der Waals surface area contributed by atoms with Gasteiger partial charge in [-0.25, -0.2) is 0 Å². The summed E-state index contributed by atoms with van der Waals surface area (Å²) in [6.45, 7) is 0. The van der Waals surface area contributed by atoms with Crippen LogP contribution in [0.4, 0.5) is 17.1 Å². The highest BCUT2D eigenvalue weighted by Gasteiger charge is 2.19. The van der Waals surface area contributed by atoms with E-state index in [9.17, 15) is 0 Å². The number of thiophene rings is 1. The number of benzene rings is 9. The van der Waals surface area contributed by atoms with Crippen molar-refractivity contribution in [1.29, 1.82) is 0 Å². The highest BCUT2D eigenvalue weighted by molar-refractivity contribution is 7.26. The minimum absolute atomic E-state index is 1.10. The van der Waals surface area contributed by atoms with Crippen LogP contribution in [0.3, 0.4) is 0 Å². The molecule has 0 amide bonds. The average Bonchev–Trinajstić information content (AvgIpc) is 3.64. The van der Waals surface area contributed by atoms with Crippen LogP contribution in [0.25, 0.3) is 75.5 Å². The quantitative estimate of drug-likeness (QED) is 0.160. The lowest BCUT2D eigenvalue weighted by atomic mass is 9.95. The molecule has 0 aliphatic heterocycles. The summed E-state index contributed by atoms with van der Waals surface area (Å²) in [4.78, 5) is 2.42. The molecule has 0 N–H and O–H groups in total. The van der Waals surface area contributed by atoms with Gasteiger partial charge < -0.3 is 4.90 Å². The molecule has 0 spiro atoms. The fraction of sp³-hybridized carbons (Fsp3) is 0. The smallest absolute Gasteiger partial charge is 0.0540 e. The molecule has 0 bridgehead atoms. The number of nitrogens with zero attached hydrogens (tertiary/aromatic N) is 1. The molecule has 10 aromatic rings. The number of para-hydroxylation sites is 1. The molecule has 0 aliphatic carbocycles. The van der Waals surface area contributed by atoms with Gasteiger partial charge in [-0.15, -0.1) is 11.3 Å². The number of hydrogen-bond acceptors (Lipinski definition) is 2. The van der Waals surface area contributed by atoms with Gasteiger partial charge in [0.2, 0.25) is 0 Å². The maximum atomic E-state index is 2.42. The first-order valence-electron chi connectivity index (χ1n) is 18.4. The second-order valence-corrected chi connectivity index (χ2v) is 14.8. The lowest BCUT2D eigenvalue weighted by Gasteiger charge is -2.29. The predicted octanol–water partition coefficient (Wildman–Crippen LogP) is 15.3. The summed E-state index contributed by atoms with van der Waals surface area (Å²) in [5, 5.41) is 5.11. The lowest BCUT2D eigenvalue weighted by Crippen LogP contribution is -2.11. The number of anilines is 3. The molecule has 1 nitrogen and oxygen atoms in total. The van der Waals surface area contributed by atoms with Gasteiger partial charge in [-0.05, 0) is 92.2 Å². The predicted molar refractivity (Wildman–Crippen MR) is 233 cm³/mol. The van der Waals surface area contributed by atoms with E-state index in [4.69, 9.17) is 0 Å². The Morgan fingerprint density at radius 3 is 1.76 bits per heavy atom. The van der Waals surface area contributed by atoms with E-state index in [1.165, 1.54) is 75.5 Å². The molecule has 0 aliphatic rings. The zero-order valence-corrected chi connectivity index (χ0v) is 30.4. The Hall–Kier alpha value is -6.74. The Labute approximate surface area is 319 Å². The minimum atomic E-state index is 1.10. The van der Waals surface area contributed by atoms with Gasteiger partial charge in [0.05, 0.1) is 5.69 Å². The van der Waals surface area contributed by atoms with E-state index in [-0.39, 0.29) is 0 Å². The van der Waals surface area contributed by atoms with Crippen molar-refractivity contribution in [2.24, 2.45) is 0 Å². The molecule has 2 heteroatoms. The largest absolute Gasteiger partial charge is 0.310 e. The number of fused-ring (bicyclic) bond motifs is 4. The van der Waals surface area contributed by atoms with Crippen molar-refractivity contribution in [1.82, 2.24) is 0 Å². The molecule has 54 heavy (non-hydrogen) atoms. The van der Waals surface area contributed by atoms with Crippen LogP contribution in [0.1, 0.15) is 0 Å². The van der Waals surface area contributed by atoms with Gasteiger partial charge in [0.25, 0.3) is 0 Å². The third-order valence-corrected chi connectivity index (χ3v) is 11.7. The van der Waals surface area contributed by atoms with Crippen LogP contribution in [0.5, 0.6) is 0 Å². The first-order chi connectivity index (χ1) is 26.8. The van der Waals surface area contributed by atoms with E-state index >= 15 is 0 Å². The summed E-state index contributed by atoms with van der Waals surface area (Å²) in [6.07, 6.45) is 0. The van der Waals surface area contributed by atoms with Crippen molar-refractivity contribution < 1.29 is 0 Å². The fourth-order valence-electron chi connectivity index (χ4n) is 7.88. The van der Waals surface area contributed by atoms with Crippen LogP contribution in [-0.4, -0.2) is 0 Å². The minimum Gasteiger partial charge on any atom is -0.310 e. The van der Waals surface area contributed by atoms with E-state index < -0.39 is 0 Å². The molecule has 0 saturated heterocycles. The van der Waals surface area contributed by atoms with Gasteiger partial charge in [-0.2, -0.15) is 0 Å². The van der Waals surface area contributed by atoms with E-state index in [0.29, 0.717) is 0 Å². The normalized spacial score (nSPS) is 11.3. The zero-order valence-electron chi connectivity index (χ0n) is 29.6. The average molecular weight is 706 g/mol. The molecule has 0 radical (unpaired) electrons. The molecule has 10 rings (SSSR count). The highest BCUT2D eigenvalue weighted by Crippen LogP contribution is 2.45. The standard InChI is InChI=1S/C52H35NS/c1-2-14-36(15-3-1)39-18-10-19-40(34-39)41-20-11-21-43(35-41)53(50-28-8-6-23-47(50)46-26-12-17-37-16-4-5-22-44(37)46)42-32-30-38(31-33-42)45-25-13-27-49-48-24-7-9-29-51(48)54-52(45)49/h1-35H. The van der Waals surface area contributed by atoms with Crippen LogP contribution < -0.4 is 4.90 Å². The van der Waals surface area contributed by atoms with Crippen molar-refractivity contribution in [2.45, 2.75) is 0 Å². The van der Waals surface area contributed by atoms with Gasteiger partial charge in [-0.1, -0.05) is 170 Å². The Bertz CT molecular complexity index is 2930. The lowest BCUT2D eigenvalue weighted by molar-refractivity contribution is 1.28. The summed E-state index contributed by atoms with van der Waals surface area (Å²) in [6, 6.07) is 77.1. The van der Waals surface area contributed by atoms with E-state index in [0.717, 1.165) is 17.1 Å². The molecular weight excluding hydrogens is 671 g/mol. The van der Waals surface area contributed by atoms with Crippen LogP contribution >= 0.6 is 11.3 Å². The first-order valence-corrected chi connectivity index (χ1v) is 19.2. The Morgan fingerprint density at radius 1 is 0.315 bits per heavy atom. The molecule has 0 unspecified atom stereocenters. The summed E-state index contributed by atoms with van der Waals surface area (Å²) >= 11 is 1.88. The van der Waals surface area contributed by atoms with E-state index in [1.807, 2.05) is 11.3 Å². The molecule has 9 aromatic carbocycles. The summed E-state index contributed by atoms with van der Waals surface area (Å²) in [7, 11) is 0. The van der Waals surface area contributed by atoms with Crippen molar-refractivity contribution in [3.63, 3.8) is 0 Å². The Balaban J connectivity index is 1.13. The van der Waals surface area contributed by atoms with Gasteiger partial charge in [-0.3, -0.25) is 0 Å². The third kappa shape index (κ3) is 5.74. The van der Waals surface area contributed by atoms with E-state index in [2.05, 4.69) is 217 Å². The topological polar surface area (TPSA) is 3.24 Å². The van der Waals surface area contributed by atoms with Crippen molar-refractivity contribution >= 4 is 59.3 Å². The maximum absolute atomic E-state index is 2.42. The van der Waals surface area contributed by atoms with E-state index in [1.54, 1.807) is 0 Å².